The number of halogens is 1. The second kappa shape index (κ2) is 5.72. The summed E-state index contributed by atoms with van der Waals surface area (Å²) in [5.74, 6) is -0.226. The van der Waals surface area contributed by atoms with Gasteiger partial charge in [-0.3, -0.25) is 14.5 Å². The Labute approximate surface area is 125 Å². The van der Waals surface area contributed by atoms with Gasteiger partial charge in [-0.15, -0.1) is 0 Å². The van der Waals surface area contributed by atoms with Gasteiger partial charge in [0.15, 0.2) is 5.78 Å². The van der Waals surface area contributed by atoms with Crippen molar-refractivity contribution in [2.75, 3.05) is 11.0 Å². The maximum Gasteiger partial charge on any atom is 0.229 e. The molecule has 1 aromatic heterocycles. The zero-order valence-electron chi connectivity index (χ0n) is 10.5. The molecular formula is C13H11BrN2O3S. The number of ketones is 1. The molecule has 0 saturated carbocycles. The van der Waals surface area contributed by atoms with Gasteiger partial charge in [0.25, 0.3) is 0 Å². The Bertz CT molecular complexity index is 745. The molecule has 0 aliphatic carbocycles. The SMILES string of the molecule is CS(=O)(=O)Nc1cc(Br)cc(C(=O)c2cccnc2)c1. The Morgan fingerprint density at radius 2 is 2.00 bits per heavy atom. The van der Waals surface area contributed by atoms with E-state index in [2.05, 4.69) is 25.6 Å². The standard InChI is InChI=1S/C13H11BrN2O3S/c1-20(18,19)16-12-6-10(5-11(14)7-12)13(17)9-3-2-4-15-8-9/h2-8,16H,1H3. The van der Waals surface area contributed by atoms with Crippen molar-refractivity contribution in [1.29, 1.82) is 0 Å². The normalized spacial score (nSPS) is 11.1. The number of aromatic nitrogens is 1. The van der Waals surface area contributed by atoms with Gasteiger partial charge in [-0.2, -0.15) is 0 Å². The van der Waals surface area contributed by atoms with Gasteiger partial charge in [0.2, 0.25) is 10.0 Å². The summed E-state index contributed by atoms with van der Waals surface area (Å²) in [5, 5.41) is 0. The summed E-state index contributed by atoms with van der Waals surface area (Å²) >= 11 is 3.26. The van der Waals surface area contributed by atoms with Crippen LogP contribution in [0.1, 0.15) is 15.9 Å². The molecule has 1 N–H and O–H groups in total. The zero-order chi connectivity index (χ0) is 14.8. The fourth-order valence-corrected chi connectivity index (χ4v) is 2.70. The average molecular weight is 355 g/mol. The maximum absolute atomic E-state index is 12.3. The van der Waals surface area contributed by atoms with E-state index in [1.165, 1.54) is 12.3 Å². The van der Waals surface area contributed by atoms with Crippen molar-refractivity contribution >= 4 is 37.4 Å². The van der Waals surface area contributed by atoms with Crippen molar-refractivity contribution in [1.82, 2.24) is 4.98 Å². The zero-order valence-corrected chi connectivity index (χ0v) is 12.9. The molecule has 0 radical (unpaired) electrons. The monoisotopic (exact) mass is 354 g/mol. The quantitative estimate of drug-likeness (QED) is 0.855. The van der Waals surface area contributed by atoms with Crippen LogP contribution in [0.3, 0.4) is 0 Å². The van der Waals surface area contributed by atoms with Crippen LogP contribution in [-0.4, -0.2) is 25.4 Å². The van der Waals surface area contributed by atoms with Gasteiger partial charge in [-0.1, -0.05) is 15.9 Å². The van der Waals surface area contributed by atoms with Gasteiger partial charge in [-0.25, -0.2) is 8.42 Å². The van der Waals surface area contributed by atoms with Crippen LogP contribution < -0.4 is 4.72 Å². The van der Waals surface area contributed by atoms with Crippen molar-refractivity contribution in [3.63, 3.8) is 0 Å². The predicted octanol–water partition coefficient (Wildman–Crippen LogP) is 2.45. The first-order valence-corrected chi connectivity index (χ1v) is 8.27. The van der Waals surface area contributed by atoms with Gasteiger partial charge < -0.3 is 0 Å². The van der Waals surface area contributed by atoms with E-state index in [1.807, 2.05) is 0 Å². The minimum absolute atomic E-state index is 0.226. The van der Waals surface area contributed by atoms with Gasteiger partial charge in [0, 0.05) is 28.0 Å². The molecule has 0 atom stereocenters. The lowest BCUT2D eigenvalue weighted by Gasteiger charge is -2.07. The summed E-state index contributed by atoms with van der Waals surface area (Å²) in [5.41, 5.74) is 1.14. The van der Waals surface area contributed by atoms with Crippen molar-refractivity contribution in [3.8, 4) is 0 Å². The largest absolute Gasteiger partial charge is 0.289 e. The van der Waals surface area contributed by atoms with Crippen molar-refractivity contribution < 1.29 is 13.2 Å². The molecule has 5 nitrogen and oxygen atoms in total. The van der Waals surface area contributed by atoms with Crippen LogP contribution in [0.5, 0.6) is 0 Å². The molecule has 0 bridgehead atoms. The van der Waals surface area contributed by atoms with E-state index < -0.39 is 10.0 Å². The molecule has 20 heavy (non-hydrogen) atoms. The van der Waals surface area contributed by atoms with E-state index in [1.54, 1.807) is 30.5 Å². The van der Waals surface area contributed by atoms with E-state index >= 15 is 0 Å². The van der Waals surface area contributed by atoms with E-state index in [0.29, 0.717) is 21.3 Å². The fraction of sp³-hybridized carbons (Fsp3) is 0.0769. The molecule has 1 aromatic carbocycles. The predicted molar refractivity (Wildman–Crippen MR) is 80.3 cm³/mol. The third-order valence-electron chi connectivity index (χ3n) is 2.39. The lowest BCUT2D eigenvalue weighted by atomic mass is 10.0. The van der Waals surface area contributed by atoms with Crippen molar-refractivity contribution in [2.24, 2.45) is 0 Å². The Morgan fingerprint density at radius 1 is 1.25 bits per heavy atom. The highest BCUT2D eigenvalue weighted by Gasteiger charge is 2.12. The van der Waals surface area contributed by atoms with Crippen molar-refractivity contribution in [2.45, 2.75) is 0 Å². The molecule has 2 rings (SSSR count). The Morgan fingerprint density at radius 3 is 2.60 bits per heavy atom. The molecule has 104 valence electrons. The van der Waals surface area contributed by atoms with Crippen LogP contribution in [0.15, 0.2) is 47.2 Å². The van der Waals surface area contributed by atoms with Gasteiger partial charge in [0.05, 0.1) is 11.9 Å². The second-order valence-corrected chi connectivity index (χ2v) is 6.84. The molecule has 0 amide bonds. The minimum Gasteiger partial charge on any atom is -0.289 e. The number of rotatable bonds is 4. The molecule has 0 unspecified atom stereocenters. The second-order valence-electron chi connectivity index (χ2n) is 4.17. The first-order chi connectivity index (χ1) is 9.35. The average Bonchev–Trinajstić information content (AvgIpc) is 2.36. The van der Waals surface area contributed by atoms with Crippen LogP contribution in [-0.2, 0) is 10.0 Å². The van der Waals surface area contributed by atoms with Gasteiger partial charge in [0.1, 0.15) is 0 Å². The van der Waals surface area contributed by atoms with Crippen LogP contribution in [0, 0.1) is 0 Å². The molecule has 7 heteroatoms. The first kappa shape index (κ1) is 14.7. The number of carbonyl (C=O) groups is 1. The van der Waals surface area contributed by atoms with Gasteiger partial charge in [-0.05, 0) is 30.3 Å². The summed E-state index contributed by atoms with van der Waals surface area (Å²) in [4.78, 5) is 16.2. The lowest BCUT2D eigenvalue weighted by Crippen LogP contribution is -2.10. The summed E-state index contributed by atoms with van der Waals surface area (Å²) in [7, 11) is -3.40. The fourth-order valence-electron chi connectivity index (χ4n) is 1.66. The minimum atomic E-state index is -3.40. The van der Waals surface area contributed by atoms with E-state index in [9.17, 15) is 13.2 Å². The van der Waals surface area contributed by atoms with Crippen LogP contribution >= 0.6 is 15.9 Å². The number of hydrogen-bond donors (Lipinski definition) is 1. The van der Waals surface area contributed by atoms with Crippen LogP contribution in [0.25, 0.3) is 0 Å². The summed E-state index contributed by atoms with van der Waals surface area (Å²) in [6.45, 7) is 0. The maximum atomic E-state index is 12.3. The number of carbonyl (C=O) groups excluding carboxylic acids is 1. The number of anilines is 1. The molecular weight excluding hydrogens is 344 g/mol. The molecule has 0 spiro atoms. The Kier molecular flexibility index (Phi) is 4.20. The Hall–Kier alpha value is -1.73. The number of nitrogens with one attached hydrogen (secondary N) is 1. The molecule has 0 aliphatic rings. The van der Waals surface area contributed by atoms with Crippen LogP contribution in [0.2, 0.25) is 0 Å². The number of pyridine rings is 1. The number of sulfonamides is 1. The molecule has 0 aliphatic heterocycles. The summed E-state index contributed by atoms with van der Waals surface area (Å²) in [6.07, 6.45) is 4.09. The molecule has 2 aromatic rings. The Balaban J connectivity index is 2.40. The van der Waals surface area contributed by atoms with Crippen molar-refractivity contribution in [3.05, 3.63) is 58.3 Å². The smallest absolute Gasteiger partial charge is 0.229 e. The van der Waals surface area contributed by atoms with E-state index in [-0.39, 0.29) is 5.78 Å². The lowest BCUT2D eigenvalue weighted by molar-refractivity contribution is 0.103. The summed E-state index contributed by atoms with van der Waals surface area (Å²) < 4.78 is 25.4. The molecule has 1 heterocycles. The highest BCUT2D eigenvalue weighted by atomic mass is 79.9. The summed E-state index contributed by atoms with van der Waals surface area (Å²) in [6, 6.07) is 8.02. The number of hydrogen-bond acceptors (Lipinski definition) is 4. The number of nitrogens with zero attached hydrogens (tertiary/aromatic N) is 1. The highest BCUT2D eigenvalue weighted by Crippen LogP contribution is 2.22. The highest BCUT2D eigenvalue weighted by molar-refractivity contribution is 9.10. The third kappa shape index (κ3) is 3.88. The number of benzene rings is 1. The van der Waals surface area contributed by atoms with E-state index in [4.69, 9.17) is 0 Å². The van der Waals surface area contributed by atoms with Gasteiger partial charge >= 0.3 is 0 Å². The molecule has 0 fully saturated rings. The van der Waals surface area contributed by atoms with Crippen LogP contribution in [0.4, 0.5) is 5.69 Å². The topological polar surface area (TPSA) is 76.1 Å². The molecule has 0 saturated heterocycles. The first-order valence-electron chi connectivity index (χ1n) is 5.58. The third-order valence-corrected chi connectivity index (χ3v) is 3.45. The van der Waals surface area contributed by atoms with E-state index in [0.717, 1.165) is 6.26 Å².